The molecule has 1 aromatic heterocycles. The quantitative estimate of drug-likeness (QED) is 0.575. The Morgan fingerprint density at radius 1 is 1.00 bits per heavy atom. The second-order valence-corrected chi connectivity index (χ2v) is 7.65. The Morgan fingerprint density at radius 3 is 2.26 bits per heavy atom. The highest BCUT2D eigenvalue weighted by Crippen LogP contribution is 2.20. The SMILES string of the molecule is CCN(c1ccc(NC(=O)COC(=O)c2ccc3nc(C)c(C)nc3c2)cc1)C(C)C. The van der Waals surface area contributed by atoms with Crippen LogP contribution in [-0.4, -0.2) is 41.0 Å². The fourth-order valence-corrected chi connectivity index (χ4v) is 3.35. The number of carbonyl (C=O) groups excluding carboxylic acids is 2. The first kappa shape index (κ1) is 22.2. The van der Waals surface area contributed by atoms with Gasteiger partial charge in [0.25, 0.3) is 5.91 Å². The second kappa shape index (κ2) is 9.55. The van der Waals surface area contributed by atoms with E-state index in [1.54, 1.807) is 18.2 Å². The minimum atomic E-state index is -0.581. The molecule has 0 aliphatic rings. The maximum absolute atomic E-state index is 12.4. The maximum Gasteiger partial charge on any atom is 0.338 e. The number of benzene rings is 2. The van der Waals surface area contributed by atoms with Crippen LogP contribution in [0.2, 0.25) is 0 Å². The Bertz CT molecular complexity index is 1090. The van der Waals surface area contributed by atoms with E-state index in [4.69, 9.17) is 4.74 Å². The zero-order valence-electron chi connectivity index (χ0n) is 18.6. The van der Waals surface area contributed by atoms with Crippen LogP contribution >= 0.6 is 0 Å². The summed E-state index contributed by atoms with van der Waals surface area (Å²) in [5, 5.41) is 2.75. The lowest BCUT2D eigenvalue weighted by molar-refractivity contribution is -0.119. The zero-order chi connectivity index (χ0) is 22.5. The minimum absolute atomic E-state index is 0.329. The lowest BCUT2D eigenvalue weighted by atomic mass is 10.2. The summed E-state index contributed by atoms with van der Waals surface area (Å²) in [5.74, 6) is -0.979. The number of fused-ring (bicyclic) bond motifs is 1. The molecule has 1 heterocycles. The van der Waals surface area contributed by atoms with Gasteiger partial charge >= 0.3 is 5.97 Å². The van der Waals surface area contributed by atoms with E-state index in [0.717, 1.165) is 23.6 Å². The van der Waals surface area contributed by atoms with Crippen molar-refractivity contribution < 1.29 is 14.3 Å². The average Bonchev–Trinajstić information content (AvgIpc) is 2.74. The highest BCUT2D eigenvalue weighted by Gasteiger charge is 2.13. The Balaban J connectivity index is 1.58. The molecule has 1 amide bonds. The summed E-state index contributed by atoms with van der Waals surface area (Å²) in [6, 6.07) is 13.0. The molecular formula is C24H28N4O3. The van der Waals surface area contributed by atoms with Gasteiger partial charge in [0.2, 0.25) is 0 Å². The molecule has 1 N–H and O–H groups in total. The molecule has 0 bridgehead atoms. The number of rotatable bonds is 7. The van der Waals surface area contributed by atoms with Gasteiger partial charge in [0, 0.05) is 24.0 Å². The number of ether oxygens (including phenoxy) is 1. The number of anilines is 2. The third kappa shape index (κ3) is 5.36. The van der Waals surface area contributed by atoms with Crippen LogP contribution < -0.4 is 10.2 Å². The molecule has 31 heavy (non-hydrogen) atoms. The van der Waals surface area contributed by atoms with Gasteiger partial charge < -0.3 is 15.0 Å². The van der Waals surface area contributed by atoms with E-state index < -0.39 is 11.9 Å². The first-order valence-electron chi connectivity index (χ1n) is 10.4. The highest BCUT2D eigenvalue weighted by molar-refractivity contribution is 5.97. The van der Waals surface area contributed by atoms with Crippen LogP contribution in [-0.2, 0) is 9.53 Å². The molecule has 2 aromatic carbocycles. The largest absolute Gasteiger partial charge is 0.452 e. The fourth-order valence-electron chi connectivity index (χ4n) is 3.35. The first-order chi connectivity index (χ1) is 14.8. The molecule has 0 saturated carbocycles. The number of esters is 1. The average molecular weight is 421 g/mol. The van der Waals surface area contributed by atoms with Gasteiger partial charge in [-0.1, -0.05) is 0 Å². The normalized spacial score (nSPS) is 10.9. The zero-order valence-corrected chi connectivity index (χ0v) is 18.6. The summed E-state index contributed by atoms with van der Waals surface area (Å²) in [6.07, 6.45) is 0. The van der Waals surface area contributed by atoms with Crippen molar-refractivity contribution in [3.8, 4) is 0 Å². The van der Waals surface area contributed by atoms with Gasteiger partial charge in [-0.3, -0.25) is 4.79 Å². The van der Waals surface area contributed by atoms with Gasteiger partial charge in [0.05, 0.1) is 28.0 Å². The van der Waals surface area contributed by atoms with E-state index in [-0.39, 0.29) is 6.61 Å². The van der Waals surface area contributed by atoms with Crippen LogP contribution in [0.3, 0.4) is 0 Å². The van der Waals surface area contributed by atoms with Crippen molar-refractivity contribution in [2.75, 3.05) is 23.4 Å². The van der Waals surface area contributed by atoms with Crippen LogP contribution in [0, 0.1) is 13.8 Å². The summed E-state index contributed by atoms with van der Waals surface area (Å²) in [5.41, 5.74) is 5.04. The fraction of sp³-hybridized carbons (Fsp3) is 0.333. The summed E-state index contributed by atoms with van der Waals surface area (Å²) in [6.45, 7) is 10.7. The molecule has 3 rings (SSSR count). The third-order valence-electron chi connectivity index (χ3n) is 5.09. The van der Waals surface area contributed by atoms with Gasteiger partial charge in [0.15, 0.2) is 6.61 Å². The van der Waals surface area contributed by atoms with Crippen LogP contribution in [0.1, 0.15) is 42.5 Å². The van der Waals surface area contributed by atoms with Crippen LogP contribution in [0.25, 0.3) is 11.0 Å². The molecular weight excluding hydrogens is 392 g/mol. The molecule has 0 fully saturated rings. The van der Waals surface area contributed by atoms with Gasteiger partial charge in [-0.25, -0.2) is 14.8 Å². The molecule has 3 aromatic rings. The van der Waals surface area contributed by atoms with Crippen molar-refractivity contribution in [2.24, 2.45) is 0 Å². The third-order valence-corrected chi connectivity index (χ3v) is 5.09. The maximum atomic E-state index is 12.4. The van der Waals surface area contributed by atoms with E-state index in [1.165, 1.54) is 0 Å². The standard InChI is InChI=1S/C24H28N4O3/c1-6-28(15(2)3)20-10-8-19(9-11-20)27-23(29)14-31-24(30)18-7-12-21-22(13-18)26-17(5)16(4)25-21/h7-13,15H,6,14H2,1-5H3,(H,27,29). The van der Waals surface area contributed by atoms with Crippen molar-refractivity contribution in [3.05, 3.63) is 59.4 Å². The highest BCUT2D eigenvalue weighted by atomic mass is 16.5. The van der Waals surface area contributed by atoms with Crippen LogP contribution in [0.15, 0.2) is 42.5 Å². The number of aryl methyl sites for hydroxylation is 2. The van der Waals surface area contributed by atoms with Gasteiger partial charge in [-0.05, 0) is 77.1 Å². The number of amides is 1. The van der Waals surface area contributed by atoms with Crippen LogP contribution in [0.5, 0.6) is 0 Å². The van der Waals surface area contributed by atoms with Crippen molar-refractivity contribution >= 4 is 34.3 Å². The van der Waals surface area contributed by atoms with Crippen molar-refractivity contribution in [1.82, 2.24) is 9.97 Å². The smallest absolute Gasteiger partial charge is 0.338 e. The molecule has 0 aliphatic heterocycles. The molecule has 7 nitrogen and oxygen atoms in total. The number of hydrogen-bond donors (Lipinski definition) is 1. The molecule has 0 radical (unpaired) electrons. The van der Waals surface area contributed by atoms with Gasteiger partial charge in [0.1, 0.15) is 0 Å². The summed E-state index contributed by atoms with van der Waals surface area (Å²) in [4.78, 5) is 35.7. The van der Waals surface area contributed by atoms with E-state index in [2.05, 4.69) is 41.0 Å². The van der Waals surface area contributed by atoms with E-state index in [1.807, 2.05) is 38.1 Å². The Labute approximate surface area is 182 Å². The monoisotopic (exact) mass is 420 g/mol. The lowest BCUT2D eigenvalue weighted by Gasteiger charge is -2.27. The summed E-state index contributed by atoms with van der Waals surface area (Å²) >= 11 is 0. The van der Waals surface area contributed by atoms with Crippen molar-refractivity contribution in [1.29, 1.82) is 0 Å². The lowest BCUT2D eigenvalue weighted by Crippen LogP contribution is -2.30. The minimum Gasteiger partial charge on any atom is -0.452 e. The molecule has 0 saturated heterocycles. The number of hydrogen-bond acceptors (Lipinski definition) is 6. The summed E-state index contributed by atoms with van der Waals surface area (Å²) in [7, 11) is 0. The topological polar surface area (TPSA) is 84.4 Å². The molecule has 0 spiro atoms. The van der Waals surface area contributed by atoms with Gasteiger partial charge in [-0.2, -0.15) is 0 Å². The first-order valence-corrected chi connectivity index (χ1v) is 10.4. The van der Waals surface area contributed by atoms with E-state index in [9.17, 15) is 9.59 Å². The predicted molar refractivity (Wildman–Crippen MR) is 123 cm³/mol. The number of nitrogens with zero attached hydrogens (tertiary/aromatic N) is 3. The van der Waals surface area contributed by atoms with Crippen LogP contribution in [0.4, 0.5) is 11.4 Å². The Hall–Kier alpha value is -3.48. The Kier molecular flexibility index (Phi) is 6.84. The van der Waals surface area contributed by atoms with Gasteiger partial charge in [-0.15, -0.1) is 0 Å². The van der Waals surface area contributed by atoms with Crippen molar-refractivity contribution in [2.45, 2.75) is 40.7 Å². The second-order valence-electron chi connectivity index (χ2n) is 7.65. The number of carbonyl (C=O) groups is 2. The number of nitrogens with one attached hydrogen (secondary N) is 1. The molecule has 0 atom stereocenters. The molecule has 0 aliphatic carbocycles. The Morgan fingerprint density at radius 2 is 1.65 bits per heavy atom. The molecule has 162 valence electrons. The van der Waals surface area contributed by atoms with Crippen molar-refractivity contribution in [3.63, 3.8) is 0 Å². The molecule has 7 heteroatoms. The summed E-state index contributed by atoms with van der Waals surface area (Å²) < 4.78 is 5.17. The van der Waals surface area contributed by atoms with E-state index >= 15 is 0 Å². The number of aromatic nitrogens is 2. The predicted octanol–water partition coefficient (Wildman–Crippen LogP) is 4.28. The van der Waals surface area contributed by atoms with E-state index in [0.29, 0.717) is 28.3 Å². The molecule has 0 unspecified atom stereocenters.